The Balaban J connectivity index is 0.00000289. The van der Waals surface area contributed by atoms with E-state index in [0.29, 0.717) is 0 Å². The molecule has 0 saturated carbocycles. The molecule has 1 nitrogen and oxygen atoms in total. The van der Waals surface area contributed by atoms with E-state index in [9.17, 15) is 26.3 Å². The van der Waals surface area contributed by atoms with Crippen LogP contribution in [0.15, 0.2) is 18.2 Å². The van der Waals surface area contributed by atoms with E-state index in [2.05, 4.69) is 0 Å². The lowest BCUT2D eigenvalue weighted by atomic mass is 9.96. The Bertz CT molecular complexity index is 417. The van der Waals surface area contributed by atoms with Gasteiger partial charge in [0.1, 0.15) is 11.9 Å². The maximum absolute atomic E-state index is 13.0. The van der Waals surface area contributed by atoms with Crippen LogP contribution in [0.3, 0.4) is 0 Å². The van der Waals surface area contributed by atoms with Crippen LogP contribution in [0.4, 0.5) is 26.3 Å². The van der Waals surface area contributed by atoms with Gasteiger partial charge in [-0.1, -0.05) is 12.1 Å². The molecular formula is C10H10ClF6N. The fourth-order valence-electron chi connectivity index (χ4n) is 1.33. The van der Waals surface area contributed by atoms with Crippen molar-refractivity contribution in [3.8, 4) is 0 Å². The normalized spacial score (nSPS) is 14.0. The lowest BCUT2D eigenvalue weighted by Gasteiger charge is -2.26. The van der Waals surface area contributed by atoms with E-state index in [0.717, 1.165) is 25.1 Å². The molecule has 8 heteroatoms. The lowest BCUT2D eigenvalue weighted by Crippen LogP contribution is -2.46. The molecule has 0 spiro atoms. The summed E-state index contributed by atoms with van der Waals surface area (Å²) in [6.45, 7) is 1.09. The maximum Gasteiger partial charge on any atom is 0.455 e. The van der Waals surface area contributed by atoms with E-state index in [1.54, 1.807) is 0 Å². The molecule has 1 aromatic rings. The van der Waals surface area contributed by atoms with Crippen molar-refractivity contribution < 1.29 is 26.3 Å². The van der Waals surface area contributed by atoms with Gasteiger partial charge >= 0.3 is 12.1 Å². The smallest absolute Gasteiger partial charge is 0.319 e. The third kappa shape index (κ3) is 2.89. The molecule has 2 N–H and O–H groups in total. The SMILES string of the molecule is Cc1c(F)cccc1[C@@H](N)C(F)(F)C(F)(F)F.Cl. The molecule has 1 rings (SSSR count). The highest BCUT2D eigenvalue weighted by atomic mass is 35.5. The predicted octanol–water partition coefficient (Wildman–Crippen LogP) is 3.75. The highest BCUT2D eigenvalue weighted by molar-refractivity contribution is 5.85. The third-order valence-corrected chi connectivity index (χ3v) is 2.41. The van der Waals surface area contributed by atoms with E-state index < -0.39 is 29.5 Å². The van der Waals surface area contributed by atoms with Crippen molar-refractivity contribution in [2.75, 3.05) is 0 Å². The largest absolute Gasteiger partial charge is 0.455 e. The summed E-state index contributed by atoms with van der Waals surface area (Å²) in [5.41, 5.74) is 4.01. The average Bonchev–Trinajstić information content (AvgIpc) is 2.19. The van der Waals surface area contributed by atoms with Crippen molar-refractivity contribution in [2.24, 2.45) is 5.73 Å². The zero-order valence-electron chi connectivity index (χ0n) is 9.06. The zero-order chi connectivity index (χ0) is 13.4. The molecule has 0 aliphatic carbocycles. The van der Waals surface area contributed by atoms with Crippen LogP contribution in [-0.4, -0.2) is 12.1 Å². The fourth-order valence-corrected chi connectivity index (χ4v) is 1.33. The average molecular weight is 294 g/mol. The molecule has 18 heavy (non-hydrogen) atoms. The molecule has 0 aliphatic rings. The minimum atomic E-state index is -5.77. The van der Waals surface area contributed by atoms with Gasteiger partial charge in [0.25, 0.3) is 0 Å². The van der Waals surface area contributed by atoms with Gasteiger partial charge in [0.15, 0.2) is 0 Å². The van der Waals surface area contributed by atoms with Gasteiger partial charge in [-0.25, -0.2) is 4.39 Å². The quantitative estimate of drug-likeness (QED) is 0.826. The molecule has 0 aromatic heterocycles. The van der Waals surface area contributed by atoms with Gasteiger partial charge in [-0.3, -0.25) is 0 Å². The Labute approximate surface area is 105 Å². The van der Waals surface area contributed by atoms with E-state index in [1.807, 2.05) is 0 Å². The van der Waals surface area contributed by atoms with Crippen LogP contribution in [-0.2, 0) is 0 Å². The Morgan fingerprint density at radius 3 is 2.06 bits per heavy atom. The van der Waals surface area contributed by atoms with E-state index in [1.165, 1.54) is 0 Å². The molecule has 0 saturated heterocycles. The molecule has 0 radical (unpaired) electrons. The Kier molecular flexibility index (Phi) is 5.07. The highest BCUT2D eigenvalue weighted by Gasteiger charge is 2.61. The predicted molar refractivity (Wildman–Crippen MR) is 56.3 cm³/mol. The van der Waals surface area contributed by atoms with Crippen molar-refractivity contribution in [1.29, 1.82) is 0 Å². The van der Waals surface area contributed by atoms with Crippen molar-refractivity contribution >= 4 is 12.4 Å². The second-order valence-electron chi connectivity index (χ2n) is 3.55. The van der Waals surface area contributed by atoms with Crippen LogP contribution in [0.1, 0.15) is 17.2 Å². The summed E-state index contributed by atoms with van der Waals surface area (Å²) in [5, 5.41) is 0. The number of alkyl halides is 5. The molecule has 1 aromatic carbocycles. The van der Waals surface area contributed by atoms with Crippen LogP contribution in [0.5, 0.6) is 0 Å². The van der Waals surface area contributed by atoms with Crippen molar-refractivity contribution in [3.63, 3.8) is 0 Å². The van der Waals surface area contributed by atoms with Crippen molar-refractivity contribution in [2.45, 2.75) is 25.1 Å². The van der Waals surface area contributed by atoms with Gasteiger partial charge in [0, 0.05) is 0 Å². The number of halogens is 7. The van der Waals surface area contributed by atoms with Gasteiger partial charge in [0.05, 0.1) is 0 Å². The summed E-state index contributed by atoms with van der Waals surface area (Å²) in [4.78, 5) is 0. The van der Waals surface area contributed by atoms with E-state index >= 15 is 0 Å². The molecule has 0 aliphatic heterocycles. The first-order valence-electron chi connectivity index (χ1n) is 4.54. The Hall–Kier alpha value is -0.950. The first kappa shape index (κ1) is 17.1. The summed E-state index contributed by atoms with van der Waals surface area (Å²) >= 11 is 0. The summed E-state index contributed by atoms with van der Waals surface area (Å²) in [5.74, 6) is -5.98. The highest BCUT2D eigenvalue weighted by Crippen LogP contribution is 2.43. The fraction of sp³-hybridized carbons (Fsp3) is 0.400. The number of benzene rings is 1. The van der Waals surface area contributed by atoms with Crippen LogP contribution in [0, 0.1) is 12.7 Å². The van der Waals surface area contributed by atoms with Crippen LogP contribution in [0.2, 0.25) is 0 Å². The van der Waals surface area contributed by atoms with Crippen molar-refractivity contribution in [3.05, 3.63) is 35.1 Å². The topological polar surface area (TPSA) is 26.0 Å². The summed E-state index contributed by atoms with van der Waals surface area (Å²) in [7, 11) is 0. The first-order chi connectivity index (χ1) is 7.59. The molecule has 104 valence electrons. The maximum atomic E-state index is 13.0. The van der Waals surface area contributed by atoms with Gasteiger partial charge < -0.3 is 5.73 Å². The van der Waals surface area contributed by atoms with Gasteiger partial charge in [-0.15, -0.1) is 12.4 Å². The molecule has 1 atom stereocenters. The monoisotopic (exact) mass is 293 g/mol. The third-order valence-electron chi connectivity index (χ3n) is 2.41. The van der Waals surface area contributed by atoms with Gasteiger partial charge in [0.2, 0.25) is 0 Å². The van der Waals surface area contributed by atoms with E-state index in [4.69, 9.17) is 5.73 Å². The van der Waals surface area contributed by atoms with Crippen molar-refractivity contribution in [1.82, 2.24) is 0 Å². The summed E-state index contributed by atoms with van der Waals surface area (Å²) in [6, 6.07) is 0.308. The minimum absolute atomic E-state index is 0. The second-order valence-corrected chi connectivity index (χ2v) is 3.55. The molecular weight excluding hydrogens is 284 g/mol. The van der Waals surface area contributed by atoms with Gasteiger partial charge in [-0.05, 0) is 24.1 Å². The lowest BCUT2D eigenvalue weighted by molar-refractivity contribution is -0.291. The molecule has 0 bridgehead atoms. The molecule has 0 fully saturated rings. The number of nitrogens with two attached hydrogens (primary N) is 1. The van der Waals surface area contributed by atoms with Crippen LogP contribution in [0.25, 0.3) is 0 Å². The summed E-state index contributed by atoms with van der Waals surface area (Å²) in [6.07, 6.45) is -5.77. The zero-order valence-corrected chi connectivity index (χ0v) is 9.88. The molecule has 0 heterocycles. The number of rotatable bonds is 2. The standard InChI is InChI=1S/C10H9F6N.ClH/c1-5-6(3-2-4-7(5)11)8(17)9(12,13)10(14,15)16;/h2-4,8H,17H2,1H3;1H/t8-;/m1./s1. The molecule has 0 unspecified atom stereocenters. The van der Waals surface area contributed by atoms with Gasteiger partial charge in [-0.2, -0.15) is 22.0 Å². The second kappa shape index (κ2) is 5.36. The summed E-state index contributed by atoms with van der Waals surface area (Å²) < 4.78 is 75.2. The first-order valence-corrected chi connectivity index (χ1v) is 4.54. The Morgan fingerprint density at radius 1 is 1.11 bits per heavy atom. The minimum Gasteiger partial charge on any atom is -0.319 e. The van der Waals surface area contributed by atoms with E-state index in [-0.39, 0.29) is 18.0 Å². The molecule has 0 amide bonds. The van der Waals surface area contributed by atoms with Crippen LogP contribution < -0.4 is 5.73 Å². The van der Waals surface area contributed by atoms with Crippen LogP contribution >= 0.6 is 12.4 Å². The number of hydrogen-bond donors (Lipinski definition) is 1. The Morgan fingerprint density at radius 2 is 1.61 bits per heavy atom. The number of hydrogen-bond acceptors (Lipinski definition) is 1.